The zero-order valence-corrected chi connectivity index (χ0v) is 21.2. The number of carbonyl (C=O) groups is 2. The van der Waals surface area contributed by atoms with Crippen LogP contribution in [0.15, 0.2) is 94.6 Å². The van der Waals surface area contributed by atoms with Crippen LogP contribution in [0.25, 0.3) is 0 Å². The summed E-state index contributed by atoms with van der Waals surface area (Å²) in [5.74, 6) is -0.493. The summed E-state index contributed by atoms with van der Waals surface area (Å²) >= 11 is 7.58. The van der Waals surface area contributed by atoms with Crippen molar-refractivity contribution in [2.75, 3.05) is 13.7 Å². The highest BCUT2D eigenvalue weighted by Crippen LogP contribution is 2.45. The van der Waals surface area contributed by atoms with Gasteiger partial charge in [-0.05, 0) is 35.6 Å². The van der Waals surface area contributed by atoms with E-state index < -0.39 is 12.0 Å². The zero-order valence-electron chi connectivity index (χ0n) is 19.6. The molecule has 0 spiro atoms. The lowest BCUT2D eigenvalue weighted by atomic mass is 9.94. The molecule has 2 aromatic rings. The molecule has 0 N–H and O–H groups in total. The maximum absolute atomic E-state index is 13.2. The summed E-state index contributed by atoms with van der Waals surface area (Å²) < 4.78 is 5.41. The lowest BCUT2D eigenvalue weighted by Gasteiger charge is -2.36. The molecule has 4 rings (SSSR count). The Balaban J connectivity index is 1.63. The van der Waals surface area contributed by atoms with Gasteiger partial charge < -0.3 is 14.5 Å². The molecule has 0 bridgehead atoms. The minimum atomic E-state index is -0.495. The third-order valence-corrected chi connectivity index (χ3v) is 6.90. The highest BCUT2D eigenvalue weighted by molar-refractivity contribution is 8.16. The van der Waals surface area contributed by atoms with E-state index in [4.69, 9.17) is 16.3 Å². The molecule has 1 atom stereocenters. The summed E-state index contributed by atoms with van der Waals surface area (Å²) in [6.07, 6.45) is 1.70. The summed E-state index contributed by atoms with van der Waals surface area (Å²) in [5.41, 5.74) is 3.70. The molecule has 0 saturated heterocycles. The Bertz CT molecular complexity index is 1220. The third kappa shape index (κ3) is 5.52. The fraction of sp³-hybridized carbons (Fsp3) is 0.222. The van der Waals surface area contributed by atoms with Crippen molar-refractivity contribution >= 4 is 40.4 Å². The maximum Gasteiger partial charge on any atom is 0.338 e. The molecule has 6 nitrogen and oxygen atoms in total. The molecule has 8 heteroatoms. The minimum absolute atomic E-state index is 0.0288. The van der Waals surface area contributed by atoms with Crippen LogP contribution in [0.3, 0.4) is 0 Å². The van der Waals surface area contributed by atoms with Crippen molar-refractivity contribution in [3.63, 3.8) is 0 Å². The van der Waals surface area contributed by atoms with E-state index in [1.807, 2.05) is 52.8 Å². The number of esters is 1. The summed E-state index contributed by atoms with van der Waals surface area (Å²) in [6, 6.07) is 16.7. The molecule has 2 aromatic carbocycles. The molecule has 180 valence electrons. The standard InChI is InChI=1S/C27H26ClN3O3S/c1-4-14-34-26(33)24-18(2)29-27-31(25(24)20-10-12-21(28)13-11-20)22(17-35-27)15-23(32)30(3)16-19-8-6-5-7-9-19/h4-13,17,25H,1,14-16H2,2-3H3/t25-/m0/s1. The molecule has 2 aliphatic heterocycles. The summed E-state index contributed by atoms with van der Waals surface area (Å²) in [5, 5.41) is 3.25. The maximum atomic E-state index is 13.2. The van der Waals surface area contributed by atoms with Crippen LogP contribution in [0.2, 0.25) is 5.02 Å². The van der Waals surface area contributed by atoms with Gasteiger partial charge in [-0.2, -0.15) is 0 Å². The number of fused-ring (bicyclic) bond motifs is 1. The van der Waals surface area contributed by atoms with E-state index in [0.29, 0.717) is 22.8 Å². The van der Waals surface area contributed by atoms with Gasteiger partial charge in [0.1, 0.15) is 6.61 Å². The van der Waals surface area contributed by atoms with Gasteiger partial charge in [0.2, 0.25) is 5.91 Å². The molecule has 0 saturated carbocycles. The van der Waals surface area contributed by atoms with Crippen molar-refractivity contribution in [3.05, 3.63) is 106 Å². The number of allylic oxidation sites excluding steroid dienone is 1. The molecule has 2 heterocycles. The first-order valence-electron chi connectivity index (χ1n) is 11.1. The van der Waals surface area contributed by atoms with Crippen molar-refractivity contribution in [1.82, 2.24) is 9.80 Å². The van der Waals surface area contributed by atoms with Gasteiger partial charge >= 0.3 is 5.97 Å². The van der Waals surface area contributed by atoms with E-state index in [1.54, 1.807) is 31.0 Å². The average Bonchev–Trinajstić information content (AvgIpc) is 3.24. The van der Waals surface area contributed by atoms with E-state index in [2.05, 4.69) is 11.6 Å². The monoisotopic (exact) mass is 507 g/mol. The van der Waals surface area contributed by atoms with Gasteiger partial charge in [-0.1, -0.05) is 78.5 Å². The Labute approximate surface area is 214 Å². The van der Waals surface area contributed by atoms with Gasteiger partial charge in [0, 0.05) is 24.3 Å². The average molecular weight is 508 g/mol. The fourth-order valence-corrected chi connectivity index (χ4v) is 5.13. The normalized spacial score (nSPS) is 16.9. The second-order valence-corrected chi connectivity index (χ2v) is 9.52. The quantitative estimate of drug-likeness (QED) is 0.339. The van der Waals surface area contributed by atoms with Crippen molar-refractivity contribution in [1.29, 1.82) is 0 Å². The van der Waals surface area contributed by atoms with E-state index in [1.165, 1.54) is 17.8 Å². The van der Waals surface area contributed by atoms with Crippen LogP contribution in [0.4, 0.5) is 0 Å². The molecule has 2 aliphatic rings. The number of ether oxygens (including phenoxy) is 1. The van der Waals surface area contributed by atoms with Crippen LogP contribution in [0, 0.1) is 0 Å². The number of amidine groups is 1. The zero-order chi connectivity index (χ0) is 24.9. The molecule has 0 aromatic heterocycles. The molecule has 1 amide bonds. The number of rotatable bonds is 8. The van der Waals surface area contributed by atoms with Crippen LogP contribution in [0.1, 0.15) is 30.5 Å². The van der Waals surface area contributed by atoms with Crippen molar-refractivity contribution in [3.8, 4) is 0 Å². The Morgan fingerprint density at radius 2 is 1.91 bits per heavy atom. The number of benzene rings is 2. The second kappa shape index (κ2) is 11.0. The lowest BCUT2D eigenvalue weighted by molar-refractivity contribution is -0.138. The minimum Gasteiger partial charge on any atom is -0.458 e. The molecular formula is C27H26ClN3O3S. The van der Waals surface area contributed by atoms with Gasteiger partial charge in [-0.15, -0.1) is 0 Å². The van der Waals surface area contributed by atoms with Gasteiger partial charge in [0.25, 0.3) is 0 Å². The van der Waals surface area contributed by atoms with Crippen LogP contribution >= 0.6 is 23.4 Å². The number of amides is 1. The Morgan fingerprint density at radius 1 is 1.20 bits per heavy atom. The van der Waals surface area contributed by atoms with Crippen LogP contribution in [-0.4, -0.2) is 40.5 Å². The number of halogens is 1. The first-order valence-corrected chi connectivity index (χ1v) is 12.4. The fourth-order valence-electron chi connectivity index (χ4n) is 4.04. The van der Waals surface area contributed by atoms with E-state index in [-0.39, 0.29) is 18.9 Å². The smallest absolute Gasteiger partial charge is 0.338 e. The van der Waals surface area contributed by atoms with Gasteiger partial charge in [-0.3, -0.25) is 4.79 Å². The van der Waals surface area contributed by atoms with E-state index in [9.17, 15) is 9.59 Å². The number of thioether (sulfide) groups is 1. The van der Waals surface area contributed by atoms with Crippen LogP contribution in [-0.2, 0) is 20.9 Å². The molecule has 0 radical (unpaired) electrons. The molecule has 0 aliphatic carbocycles. The summed E-state index contributed by atoms with van der Waals surface area (Å²) in [4.78, 5) is 34.6. The van der Waals surface area contributed by atoms with Gasteiger partial charge in [0.05, 0.1) is 23.7 Å². The number of nitrogens with zero attached hydrogens (tertiary/aromatic N) is 3. The Morgan fingerprint density at radius 3 is 2.60 bits per heavy atom. The van der Waals surface area contributed by atoms with Crippen LogP contribution in [0.5, 0.6) is 0 Å². The Kier molecular flexibility index (Phi) is 7.78. The highest BCUT2D eigenvalue weighted by Gasteiger charge is 2.41. The number of aliphatic imine (C=N–C) groups is 1. The molecule has 0 unspecified atom stereocenters. The van der Waals surface area contributed by atoms with Crippen molar-refractivity contribution < 1.29 is 14.3 Å². The number of hydrogen-bond donors (Lipinski definition) is 0. The van der Waals surface area contributed by atoms with Gasteiger partial charge in [0.15, 0.2) is 5.17 Å². The Hall–Kier alpha value is -3.29. The first kappa shape index (κ1) is 24.8. The predicted octanol–water partition coefficient (Wildman–Crippen LogP) is 5.69. The lowest BCUT2D eigenvalue weighted by Crippen LogP contribution is -2.38. The summed E-state index contributed by atoms with van der Waals surface area (Å²) in [7, 11) is 1.79. The summed E-state index contributed by atoms with van der Waals surface area (Å²) in [6.45, 7) is 6.04. The largest absolute Gasteiger partial charge is 0.458 e. The number of carbonyl (C=O) groups excluding carboxylic acids is 2. The second-order valence-electron chi connectivity index (χ2n) is 8.24. The topological polar surface area (TPSA) is 62.2 Å². The predicted molar refractivity (Wildman–Crippen MR) is 141 cm³/mol. The first-order chi connectivity index (χ1) is 16.9. The SMILES string of the molecule is C=CCOC(=O)C1=C(C)N=C2SC=C(CC(=O)N(C)Cc3ccccc3)N2[C@H]1c1ccc(Cl)cc1. The van der Waals surface area contributed by atoms with Crippen LogP contribution < -0.4 is 0 Å². The van der Waals surface area contributed by atoms with Gasteiger partial charge in [-0.25, -0.2) is 9.79 Å². The van der Waals surface area contributed by atoms with Crippen molar-refractivity contribution in [2.45, 2.75) is 25.9 Å². The van der Waals surface area contributed by atoms with E-state index >= 15 is 0 Å². The highest BCUT2D eigenvalue weighted by atomic mass is 35.5. The molecule has 35 heavy (non-hydrogen) atoms. The number of hydrogen-bond acceptors (Lipinski definition) is 6. The molecule has 0 fully saturated rings. The van der Waals surface area contributed by atoms with Crippen molar-refractivity contribution in [2.24, 2.45) is 4.99 Å². The molecular weight excluding hydrogens is 482 g/mol. The van der Waals surface area contributed by atoms with E-state index in [0.717, 1.165) is 22.0 Å². The third-order valence-electron chi connectivity index (χ3n) is 5.76.